The number of hydrogen-bond donors (Lipinski definition) is 3. The third-order valence-electron chi connectivity index (χ3n) is 3.77. The van der Waals surface area contributed by atoms with E-state index in [1.54, 1.807) is 6.92 Å². The van der Waals surface area contributed by atoms with E-state index in [0.29, 0.717) is 13.0 Å². The molecule has 2 rings (SSSR count). The zero-order valence-corrected chi connectivity index (χ0v) is 13.5. The zero-order chi connectivity index (χ0) is 14.5. The second-order valence-corrected chi connectivity index (χ2v) is 5.84. The molecule has 0 saturated carbocycles. The lowest BCUT2D eigenvalue weighted by Crippen LogP contribution is -2.48. The molecule has 0 radical (unpaired) electrons. The maximum absolute atomic E-state index is 12.2. The van der Waals surface area contributed by atoms with Gasteiger partial charge in [0.1, 0.15) is 0 Å². The normalized spacial score (nSPS) is 19.9. The fraction of sp³-hybridized carbons (Fsp3) is 0.562. The van der Waals surface area contributed by atoms with Gasteiger partial charge in [-0.05, 0) is 36.8 Å². The van der Waals surface area contributed by atoms with E-state index in [0.717, 1.165) is 13.0 Å². The SMILES string of the molecule is CC(O)CC(C)CNC(=O)C1Cc2ccccc2CN1.Cl. The number of carbonyl (C=O) groups excluding carboxylic acids is 1. The molecule has 118 valence electrons. The van der Waals surface area contributed by atoms with E-state index in [2.05, 4.69) is 22.8 Å². The van der Waals surface area contributed by atoms with Gasteiger partial charge in [0, 0.05) is 13.1 Å². The molecule has 0 aromatic heterocycles. The van der Waals surface area contributed by atoms with Gasteiger partial charge in [-0.3, -0.25) is 4.79 Å². The Bertz CT molecular complexity index is 465. The maximum Gasteiger partial charge on any atom is 0.237 e. The molecular formula is C16H25ClN2O2. The molecule has 3 unspecified atom stereocenters. The molecule has 1 aliphatic heterocycles. The monoisotopic (exact) mass is 312 g/mol. The Morgan fingerprint density at radius 3 is 2.71 bits per heavy atom. The van der Waals surface area contributed by atoms with Crippen molar-refractivity contribution >= 4 is 18.3 Å². The first-order valence-corrected chi connectivity index (χ1v) is 7.32. The molecule has 0 bridgehead atoms. The van der Waals surface area contributed by atoms with Crippen LogP contribution in [0.15, 0.2) is 24.3 Å². The van der Waals surface area contributed by atoms with E-state index in [1.807, 2.05) is 19.1 Å². The van der Waals surface area contributed by atoms with Gasteiger partial charge in [-0.15, -0.1) is 12.4 Å². The standard InChI is InChI=1S/C16H24N2O2.ClH/c1-11(7-12(2)19)9-18-16(20)15-8-13-5-3-4-6-14(13)10-17-15;/h3-6,11-12,15,17,19H,7-10H2,1-2H3,(H,18,20);1H. The average molecular weight is 313 g/mol. The van der Waals surface area contributed by atoms with Gasteiger partial charge in [-0.2, -0.15) is 0 Å². The second kappa shape index (κ2) is 8.37. The Balaban J connectivity index is 0.00000220. The van der Waals surface area contributed by atoms with E-state index < -0.39 is 0 Å². The summed E-state index contributed by atoms with van der Waals surface area (Å²) in [7, 11) is 0. The summed E-state index contributed by atoms with van der Waals surface area (Å²) in [6.45, 7) is 5.18. The number of carbonyl (C=O) groups is 1. The number of rotatable bonds is 5. The van der Waals surface area contributed by atoms with Gasteiger partial charge in [0.15, 0.2) is 0 Å². The summed E-state index contributed by atoms with van der Waals surface area (Å²) in [4.78, 5) is 12.2. The molecule has 1 aromatic carbocycles. The minimum absolute atomic E-state index is 0. The summed E-state index contributed by atoms with van der Waals surface area (Å²) in [5.74, 6) is 0.340. The number of aliphatic hydroxyl groups excluding tert-OH is 1. The van der Waals surface area contributed by atoms with Gasteiger partial charge in [0.2, 0.25) is 5.91 Å². The minimum Gasteiger partial charge on any atom is -0.393 e. The highest BCUT2D eigenvalue weighted by atomic mass is 35.5. The molecule has 5 heteroatoms. The van der Waals surface area contributed by atoms with E-state index >= 15 is 0 Å². The molecule has 21 heavy (non-hydrogen) atoms. The van der Waals surface area contributed by atoms with Crippen LogP contribution >= 0.6 is 12.4 Å². The third kappa shape index (κ3) is 5.30. The van der Waals surface area contributed by atoms with Crippen molar-refractivity contribution in [2.45, 2.75) is 45.4 Å². The molecule has 0 fully saturated rings. The minimum atomic E-state index is -0.318. The number of halogens is 1. The van der Waals surface area contributed by atoms with Crippen molar-refractivity contribution in [1.29, 1.82) is 0 Å². The lowest BCUT2D eigenvalue weighted by molar-refractivity contribution is -0.123. The summed E-state index contributed by atoms with van der Waals surface area (Å²) >= 11 is 0. The van der Waals surface area contributed by atoms with Crippen molar-refractivity contribution in [1.82, 2.24) is 10.6 Å². The van der Waals surface area contributed by atoms with Crippen molar-refractivity contribution in [3.63, 3.8) is 0 Å². The van der Waals surface area contributed by atoms with Crippen molar-refractivity contribution in [3.8, 4) is 0 Å². The first kappa shape index (κ1) is 18.0. The van der Waals surface area contributed by atoms with Crippen LogP contribution in [0.1, 0.15) is 31.4 Å². The molecule has 3 N–H and O–H groups in total. The molecule has 3 atom stereocenters. The fourth-order valence-electron chi connectivity index (χ4n) is 2.70. The van der Waals surface area contributed by atoms with Crippen LogP contribution in [0.4, 0.5) is 0 Å². The van der Waals surface area contributed by atoms with Crippen molar-refractivity contribution in [2.75, 3.05) is 6.54 Å². The molecule has 1 amide bonds. The molecule has 0 saturated heterocycles. The van der Waals surface area contributed by atoms with Crippen molar-refractivity contribution in [3.05, 3.63) is 35.4 Å². The van der Waals surface area contributed by atoms with E-state index in [9.17, 15) is 9.90 Å². The summed E-state index contributed by atoms with van der Waals surface area (Å²) in [5.41, 5.74) is 2.53. The number of aliphatic hydroxyl groups is 1. The predicted molar refractivity (Wildman–Crippen MR) is 86.5 cm³/mol. The number of hydrogen-bond acceptors (Lipinski definition) is 3. The van der Waals surface area contributed by atoms with Crippen molar-refractivity contribution < 1.29 is 9.90 Å². The molecule has 0 aliphatic carbocycles. The van der Waals surface area contributed by atoms with Crippen LogP contribution in [0.25, 0.3) is 0 Å². The third-order valence-corrected chi connectivity index (χ3v) is 3.77. The van der Waals surface area contributed by atoms with Crippen LogP contribution in [-0.2, 0) is 17.8 Å². The Kier molecular flexibility index (Phi) is 7.15. The summed E-state index contributed by atoms with van der Waals surface area (Å²) in [6, 6.07) is 8.08. The first-order chi connectivity index (χ1) is 9.56. The predicted octanol–water partition coefficient (Wildman–Crippen LogP) is 1.65. The van der Waals surface area contributed by atoms with Gasteiger partial charge in [-0.1, -0.05) is 31.2 Å². The largest absolute Gasteiger partial charge is 0.393 e. The Morgan fingerprint density at radius 2 is 2.05 bits per heavy atom. The fourth-order valence-corrected chi connectivity index (χ4v) is 2.70. The number of amides is 1. The lowest BCUT2D eigenvalue weighted by atomic mass is 9.95. The van der Waals surface area contributed by atoms with Crippen LogP contribution < -0.4 is 10.6 Å². The smallest absolute Gasteiger partial charge is 0.237 e. The Labute approximate surface area is 132 Å². The van der Waals surface area contributed by atoms with Gasteiger partial charge in [0.05, 0.1) is 12.1 Å². The van der Waals surface area contributed by atoms with E-state index in [-0.39, 0.29) is 36.4 Å². The Morgan fingerprint density at radius 1 is 1.38 bits per heavy atom. The number of benzene rings is 1. The topological polar surface area (TPSA) is 61.4 Å². The molecule has 0 spiro atoms. The summed E-state index contributed by atoms with van der Waals surface area (Å²) < 4.78 is 0. The van der Waals surface area contributed by atoms with Crippen LogP contribution in [-0.4, -0.2) is 29.7 Å². The first-order valence-electron chi connectivity index (χ1n) is 7.32. The summed E-state index contributed by atoms with van der Waals surface area (Å²) in [5, 5.41) is 15.6. The van der Waals surface area contributed by atoms with Crippen LogP contribution in [0.2, 0.25) is 0 Å². The van der Waals surface area contributed by atoms with Gasteiger partial charge in [-0.25, -0.2) is 0 Å². The van der Waals surface area contributed by atoms with E-state index in [1.165, 1.54) is 11.1 Å². The van der Waals surface area contributed by atoms with Gasteiger partial charge < -0.3 is 15.7 Å². The quantitative estimate of drug-likeness (QED) is 0.775. The number of fused-ring (bicyclic) bond motifs is 1. The molecule has 4 nitrogen and oxygen atoms in total. The summed E-state index contributed by atoms with van der Waals surface area (Å²) in [6.07, 6.45) is 1.13. The highest BCUT2D eigenvalue weighted by Crippen LogP contribution is 2.16. The molecule has 1 heterocycles. The van der Waals surface area contributed by atoms with Crippen molar-refractivity contribution in [2.24, 2.45) is 5.92 Å². The lowest BCUT2D eigenvalue weighted by Gasteiger charge is -2.26. The molecule has 1 aliphatic rings. The van der Waals surface area contributed by atoms with Gasteiger partial charge >= 0.3 is 0 Å². The zero-order valence-electron chi connectivity index (χ0n) is 12.6. The average Bonchev–Trinajstić information content (AvgIpc) is 2.43. The highest BCUT2D eigenvalue weighted by Gasteiger charge is 2.23. The Hall–Kier alpha value is -1.10. The van der Waals surface area contributed by atoms with Crippen LogP contribution in [0.5, 0.6) is 0 Å². The number of nitrogens with one attached hydrogen (secondary N) is 2. The maximum atomic E-state index is 12.2. The van der Waals surface area contributed by atoms with Gasteiger partial charge in [0.25, 0.3) is 0 Å². The molecule has 1 aromatic rings. The van der Waals surface area contributed by atoms with E-state index in [4.69, 9.17) is 0 Å². The molecular weight excluding hydrogens is 288 g/mol. The van der Waals surface area contributed by atoms with Crippen LogP contribution in [0, 0.1) is 5.92 Å². The van der Waals surface area contributed by atoms with Crippen LogP contribution in [0.3, 0.4) is 0 Å². The highest BCUT2D eigenvalue weighted by molar-refractivity contribution is 5.85. The second-order valence-electron chi connectivity index (χ2n) is 5.84.